The van der Waals surface area contributed by atoms with Gasteiger partial charge in [0.1, 0.15) is 0 Å². The summed E-state index contributed by atoms with van der Waals surface area (Å²) in [5.41, 5.74) is 0.998. The maximum atomic E-state index is 11.9. The van der Waals surface area contributed by atoms with Crippen LogP contribution in [-0.4, -0.2) is 42.3 Å². The third-order valence-electron chi connectivity index (χ3n) is 3.44. The van der Waals surface area contributed by atoms with E-state index in [9.17, 15) is 4.79 Å². The highest BCUT2D eigenvalue weighted by molar-refractivity contribution is 6.34. The molecule has 0 aliphatic carbocycles. The maximum absolute atomic E-state index is 11.9. The van der Waals surface area contributed by atoms with Gasteiger partial charge in [0.25, 0.3) is 0 Å². The highest BCUT2D eigenvalue weighted by atomic mass is 35.5. The standard InChI is InChI=1S/C14H18Cl2N2O2/c15-12-5-10(6-13(16)7-12)1-3-17-14(20)18-4-2-11(8-18)9-19/h5-7,11,19H,1-4,8-9H2,(H,17,20). The van der Waals surface area contributed by atoms with E-state index >= 15 is 0 Å². The molecule has 1 aliphatic heterocycles. The summed E-state index contributed by atoms with van der Waals surface area (Å²) in [5, 5.41) is 13.1. The Morgan fingerprint density at radius 3 is 2.65 bits per heavy atom. The number of carbonyl (C=O) groups is 1. The first-order chi connectivity index (χ1) is 9.58. The van der Waals surface area contributed by atoms with E-state index < -0.39 is 0 Å². The highest BCUT2D eigenvalue weighted by Crippen LogP contribution is 2.19. The lowest BCUT2D eigenvalue weighted by Crippen LogP contribution is -2.39. The first-order valence-electron chi connectivity index (χ1n) is 6.67. The van der Waals surface area contributed by atoms with E-state index in [2.05, 4.69) is 5.32 Å². The summed E-state index contributed by atoms with van der Waals surface area (Å²) >= 11 is 11.8. The number of carbonyl (C=O) groups excluding carboxylic acids is 1. The van der Waals surface area contributed by atoms with Crippen LogP contribution in [0.2, 0.25) is 10.0 Å². The zero-order valence-corrected chi connectivity index (χ0v) is 12.6. The van der Waals surface area contributed by atoms with Crippen molar-refractivity contribution >= 4 is 29.2 Å². The molecule has 110 valence electrons. The summed E-state index contributed by atoms with van der Waals surface area (Å²) in [6.07, 6.45) is 1.55. The number of aliphatic hydroxyl groups excluding tert-OH is 1. The summed E-state index contributed by atoms with van der Waals surface area (Å²) in [5.74, 6) is 0.215. The van der Waals surface area contributed by atoms with Crippen molar-refractivity contribution in [1.82, 2.24) is 10.2 Å². The van der Waals surface area contributed by atoms with Crippen LogP contribution in [0.1, 0.15) is 12.0 Å². The van der Waals surface area contributed by atoms with Gasteiger partial charge >= 0.3 is 6.03 Å². The molecule has 0 bridgehead atoms. The molecule has 2 N–H and O–H groups in total. The zero-order chi connectivity index (χ0) is 14.5. The third-order valence-corrected chi connectivity index (χ3v) is 3.88. The van der Waals surface area contributed by atoms with Crippen LogP contribution < -0.4 is 5.32 Å². The number of amides is 2. The zero-order valence-electron chi connectivity index (χ0n) is 11.1. The fourth-order valence-corrected chi connectivity index (χ4v) is 2.92. The van der Waals surface area contributed by atoms with Gasteiger partial charge in [-0.15, -0.1) is 0 Å². The summed E-state index contributed by atoms with van der Waals surface area (Å²) in [7, 11) is 0. The van der Waals surface area contributed by atoms with Gasteiger partial charge in [0.15, 0.2) is 0 Å². The van der Waals surface area contributed by atoms with Crippen LogP contribution in [0.5, 0.6) is 0 Å². The Balaban J connectivity index is 1.77. The third kappa shape index (κ3) is 4.27. The van der Waals surface area contributed by atoms with Crippen molar-refractivity contribution in [3.8, 4) is 0 Å². The Morgan fingerprint density at radius 1 is 1.35 bits per heavy atom. The Morgan fingerprint density at radius 2 is 2.05 bits per heavy atom. The number of rotatable bonds is 4. The topological polar surface area (TPSA) is 52.6 Å². The van der Waals surface area contributed by atoms with Gasteiger partial charge in [-0.05, 0) is 36.6 Å². The Hall–Kier alpha value is -0.970. The van der Waals surface area contributed by atoms with Gasteiger partial charge in [-0.25, -0.2) is 4.79 Å². The lowest BCUT2D eigenvalue weighted by molar-refractivity contribution is 0.198. The highest BCUT2D eigenvalue weighted by Gasteiger charge is 2.25. The summed E-state index contributed by atoms with van der Waals surface area (Å²) < 4.78 is 0. The van der Waals surface area contributed by atoms with Gasteiger partial charge in [-0.1, -0.05) is 23.2 Å². The van der Waals surface area contributed by atoms with Gasteiger partial charge in [-0.2, -0.15) is 0 Å². The minimum Gasteiger partial charge on any atom is -0.396 e. The minimum absolute atomic E-state index is 0.0749. The van der Waals surface area contributed by atoms with Crippen LogP contribution in [0.4, 0.5) is 4.79 Å². The van der Waals surface area contributed by atoms with Gasteiger partial charge in [-0.3, -0.25) is 0 Å². The van der Waals surface area contributed by atoms with Crippen molar-refractivity contribution in [2.24, 2.45) is 5.92 Å². The predicted molar refractivity (Wildman–Crippen MR) is 80.3 cm³/mol. The van der Waals surface area contributed by atoms with Gasteiger partial charge in [0, 0.05) is 42.2 Å². The first kappa shape index (κ1) is 15.4. The van der Waals surface area contributed by atoms with Crippen molar-refractivity contribution in [3.05, 3.63) is 33.8 Å². The molecule has 1 aliphatic rings. The molecule has 1 fully saturated rings. The van der Waals surface area contributed by atoms with E-state index in [0.717, 1.165) is 12.0 Å². The van der Waals surface area contributed by atoms with Crippen LogP contribution >= 0.6 is 23.2 Å². The number of nitrogens with zero attached hydrogens (tertiary/aromatic N) is 1. The molecule has 6 heteroatoms. The molecule has 0 spiro atoms. The average Bonchev–Trinajstić information content (AvgIpc) is 2.86. The molecular formula is C14H18Cl2N2O2. The van der Waals surface area contributed by atoms with Crippen molar-refractivity contribution in [1.29, 1.82) is 0 Å². The van der Waals surface area contributed by atoms with E-state index in [1.54, 1.807) is 11.0 Å². The molecule has 0 radical (unpaired) electrons. The van der Waals surface area contributed by atoms with Gasteiger partial charge in [0.2, 0.25) is 0 Å². The summed E-state index contributed by atoms with van der Waals surface area (Å²) in [6.45, 7) is 2.02. The summed E-state index contributed by atoms with van der Waals surface area (Å²) in [6, 6.07) is 5.30. The Labute approximate surface area is 128 Å². The maximum Gasteiger partial charge on any atom is 0.317 e. The van der Waals surface area contributed by atoms with Crippen LogP contribution in [0.3, 0.4) is 0 Å². The van der Waals surface area contributed by atoms with Gasteiger partial charge < -0.3 is 15.3 Å². The molecule has 2 amide bonds. The molecule has 4 nitrogen and oxygen atoms in total. The molecule has 1 unspecified atom stereocenters. The molecule has 2 rings (SSSR count). The SMILES string of the molecule is O=C(NCCc1cc(Cl)cc(Cl)c1)N1CCC(CO)C1. The first-order valence-corrected chi connectivity index (χ1v) is 7.42. The van der Waals surface area contributed by atoms with E-state index in [-0.39, 0.29) is 18.6 Å². The molecule has 0 saturated carbocycles. The van der Waals surface area contributed by atoms with Crippen molar-refractivity contribution in [2.45, 2.75) is 12.8 Å². The van der Waals surface area contributed by atoms with Crippen LogP contribution in [0.25, 0.3) is 0 Å². The van der Waals surface area contributed by atoms with E-state index in [1.807, 2.05) is 12.1 Å². The average molecular weight is 317 g/mol. The Kier molecular flexibility index (Phi) is 5.52. The number of hydrogen-bond donors (Lipinski definition) is 2. The lowest BCUT2D eigenvalue weighted by atomic mass is 10.1. The molecule has 1 heterocycles. The van der Waals surface area contributed by atoms with Gasteiger partial charge in [0.05, 0.1) is 0 Å². The number of nitrogens with one attached hydrogen (secondary N) is 1. The molecule has 1 atom stereocenters. The second kappa shape index (κ2) is 7.16. The number of aliphatic hydroxyl groups is 1. The Bertz CT molecular complexity index is 462. The number of benzene rings is 1. The van der Waals surface area contributed by atoms with Crippen LogP contribution in [0, 0.1) is 5.92 Å². The fraction of sp³-hybridized carbons (Fsp3) is 0.500. The van der Waals surface area contributed by atoms with E-state index in [0.29, 0.717) is 36.1 Å². The molecule has 0 aromatic heterocycles. The predicted octanol–water partition coefficient (Wildman–Crippen LogP) is 2.56. The van der Waals surface area contributed by atoms with E-state index in [1.165, 1.54) is 0 Å². The molecule has 1 aromatic rings. The monoisotopic (exact) mass is 316 g/mol. The van der Waals surface area contributed by atoms with Crippen molar-refractivity contribution < 1.29 is 9.90 Å². The molecular weight excluding hydrogens is 299 g/mol. The van der Waals surface area contributed by atoms with Crippen LogP contribution in [-0.2, 0) is 6.42 Å². The molecule has 20 heavy (non-hydrogen) atoms. The minimum atomic E-state index is -0.0749. The largest absolute Gasteiger partial charge is 0.396 e. The second-order valence-corrected chi connectivity index (χ2v) is 5.92. The summed E-state index contributed by atoms with van der Waals surface area (Å²) in [4.78, 5) is 13.7. The van der Waals surface area contributed by atoms with E-state index in [4.69, 9.17) is 28.3 Å². The fourth-order valence-electron chi connectivity index (χ4n) is 2.35. The molecule has 1 saturated heterocycles. The smallest absolute Gasteiger partial charge is 0.317 e. The quantitative estimate of drug-likeness (QED) is 0.897. The van der Waals surface area contributed by atoms with Crippen molar-refractivity contribution in [2.75, 3.05) is 26.2 Å². The number of hydrogen-bond acceptors (Lipinski definition) is 2. The number of likely N-dealkylation sites (tertiary alicyclic amines) is 1. The van der Waals surface area contributed by atoms with Crippen molar-refractivity contribution in [3.63, 3.8) is 0 Å². The van der Waals surface area contributed by atoms with Crippen LogP contribution in [0.15, 0.2) is 18.2 Å². The number of urea groups is 1. The number of halogens is 2. The molecule has 1 aromatic carbocycles. The lowest BCUT2D eigenvalue weighted by Gasteiger charge is -2.17. The normalized spacial score (nSPS) is 18.4. The second-order valence-electron chi connectivity index (χ2n) is 5.04.